The first kappa shape index (κ1) is 31.9. The second kappa shape index (κ2) is 13.0. The van der Waals surface area contributed by atoms with E-state index in [2.05, 4.69) is 109 Å². The molecule has 3 aromatic heterocycles. The Balaban J connectivity index is 1.01. The monoisotopic (exact) mass is 717 g/mol. The number of benzene rings is 8. The molecule has 0 radical (unpaired) electrons. The molecule has 56 heavy (non-hydrogen) atoms. The first-order valence-electron chi connectivity index (χ1n) is 18.7. The van der Waals surface area contributed by atoms with Gasteiger partial charge in [-0.3, -0.25) is 0 Å². The van der Waals surface area contributed by atoms with E-state index in [0.717, 1.165) is 93.9 Å². The molecule has 0 amide bonds. The molecule has 11 rings (SSSR count). The highest BCUT2D eigenvalue weighted by atomic mass is 16.3. The van der Waals surface area contributed by atoms with Gasteiger partial charge in [0.25, 0.3) is 0 Å². The van der Waals surface area contributed by atoms with Crippen LogP contribution >= 0.6 is 0 Å². The van der Waals surface area contributed by atoms with E-state index in [1.807, 2.05) is 78.9 Å². The molecule has 0 atom stereocenters. The maximum Gasteiger partial charge on any atom is 0.164 e. The molecule has 5 nitrogen and oxygen atoms in total. The van der Waals surface area contributed by atoms with Gasteiger partial charge in [-0.1, -0.05) is 158 Å². The molecule has 5 heteroatoms. The normalized spacial score (nSPS) is 11.6. The van der Waals surface area contributed by atoms with Crippen LogP contribution in [0.25, 0.3) is 111 Å². The minimum absolute atomic E-state index is 0.617. The number of para-hydroxylation sites is 2. The van der Waals surface area contributed by atoms with Gasteiger partial charge in [0, 0.05) is 43.8 Å². The fourth-order valence-electron chi connectivity index (χ4n) is 7.92. The van der Waals surface area contributed by atoms with Gasteiger partial charge < -0.3 is 8.83 Å². The number of aromatic nitrogens is 3. The summed E-state index contributed by atoms with van der Waals surface area (Å²) in [4.78, 5) is 14.8. The lowest BCUT2D eigenvalue weighted by Gasteiger charge is -2.12. The molecule has 0 N–H and O–H groups in total. The Hall–Kier alpha value is -7.63. The van der Waals surface area contributed by atoms with Gasteiger partial charge in [-0.15, -0.1) is 0 Å². The molecule has 0 saturated heterocycles. The summed E-state index contributed by atoms with van der Waals surface area (Å²) in [5, 5.41) is 4.37. The molecule has 262 valence electrons. The summed E-state index contributed by atoms with van der Waals surface area (Å²) in [5.74, 6) is 1.89. The standard InChI is InChI=1S/C51H31N3O2/c1-3-14-32(15-4-1)49-52-50(33-16-5-2-6-17-33)54-51(53-49)36-19-11-18-34(30-36)35-28-29-39-42-25-12-24-41(48(42)56-46(39)31-35)38-21-8-7-20-37(38)40-23-13-27-45-47(40)43-22-9-10-26-44(43)55-45/h1-31H. The summed E-state index contributed by atoms with van der Waals surface area (Å²) in [6, 6.07) is 64.5. The molecule has 8 aromatic carbocycles. The van der Waals surface area contributed by atoms with Gasteiger partial charge in [-0.25, -0.2) is 15.0 Å². The summed E-state index contributed by atoms with van der Waals surface area (Å²) in [6.45, 7) is 0. The second-order valence-corrected chi connectivity index (χ2v) is 13.9. The van der Waals surface area contributed by atoms with Crippen molar-refractivity contribution in [3.05, 3.63) is 188 Å². The van der Waals surface area contributed by atoms with E-state index < -0.39 is 0 Å². The number of hydrogen-bond donors (Lipinski definition) is 0. The van der Waals surface area contributed by atoms with Crippen LogP contribution in [-0.4, -0.2) is 15.0 Å². The smallest absolute Gasteiger partial charge is 0.164 e. The fourth-order valence-corrected chi connectivity index (χ4v) is 7.92. The third kappa shape index (κ3) is 5.37. The molecule has 0 saturated carbocycles. The molecule has 0 aliphatic rings. The zero-order valence-electron chi connectivity index (χ0n) is 30.1. The summed E-state index contributed by atoms with van der Waals surface area (Å²) >= 11 is 0. The van der Waals surface area contributed by atoms with Crippen LogP contribution in [0.15, 0.2) is 197 Å². The summed E-state index contributed by atoms with van der Waals surface area (Å²) in [5.41, 5.74) is 12.7. The first-order valence-corrected chi connectivity index (χ1v) is 18.7. The molecule has 0 unspecified atom stereocenters. The zero-order chi connectivity index (χ0) is 37.0. The van der Waals surface area contributed by atoms with Crippen molar-refractivity contribution in [2.75, 3.05) is 0 Å². The third-order valence-electron chi connectivity index (χ3n) is 10.6. The Bertz CT molecular complexity index is 3200. The van der Waals surface area contributed by atoms with Gasteiger partial charge >= 0.3 is 0 Å². The summed E-state index contributed by atoms with van der Waals surface area (Å²) in [7, 11) is 0. The molecule has 0 fully saturated rings. The highest BCUT2D eigenvalue weighted by Crippen LogP contribution is 2.44. The van der Waals surface area contributed by atoms with Crippen LogP contribution in [0.1, 0.15) is 0 Å². The van der Waals surface area contributed by atoms with Crippen LogP contribution in [0.3, 0.4) is 0 Å². The van der Waals surface area contributed by atoms with E-state index >= 15 is 0 Å². The molecular weight excluding hydrogens is 687 g/mol. The van der Waals surface area contributed by atoms with E-state index in [-0.39, 0.29) is 0 Å². The second-order valence-electron chi connectivity index (χ2n) is 13.9. The predicted octanol–water partition coefficient (Wildman–Crippen LogP) is 13.7. The molecule has 0 bridgehead atoms. The molecule has 0 aliphatic heterocycles. The van der Waals surface area contributed by atoms with Gasteiger partial charge in [0.1, 0.15) is 22.3 Å². The van der Waals surface area contributed by atoms with Gasteiger partial charge in [-0.05, 0) is 58.1 Å². The molecule has 11 aromatic rings. The van der Waals surface area contributed by atoms with Crippen LogP contribution in [0, 0.1) is 0 Å². The lowest BCUT2D eigenvalue weighted by atomic mass is 9.91. The maximum atomic E-state index is 6.83. The van der Waals surface area contributed by atoms with Crippen molar-refractivity contribution in [3.8, 4) is 67.5 Å². The number of fused-ring (bicyclic) bond motifs is 6. The highest BCUT2D eigenvalue weighted by Gasteiger charge is 2.19. The van der Waals surface area contributed by atoms with Crippen LogP contribution in [-0.2, 0) is 0 Å². The number of nitrogens with zero attached hydrogens (tertiary/aromatic N) is 3. The molecule has 0 aliphatic carbocycles. The van der Waals surface area contributed by atoms with E-state index in [0.29, 0.717) is 17.5 Å². The van der Waals surface area contributed by atoms with Gasteiger partial charge in [0.15, 0.2) is 17.5 Å². The van der Waals surface area contributed by atoms with Gasteiger partial charge in [0.05, 0.1) is 0 Å². The Labute approximate surface area is 322 Å². The van der Waals surface area contributed by atoms with Crippen molar-refractivity contribution in [2.45, 2.75) is 0 Å². The lowest BCUT2D eigenvalue weighted by molar-refractivity contribution is 0.669. The fraction of sp³-hybridized carbons (Fsp3) is 0. The average molecular weight is 718 g/mol. The Morgan fingerprint density at radius 3 is 1.57 bits per heavy atom. The Kier molecular flexibility index (Phi) is 7.42. The average Bonchev–Trinajstić information content (AvgIpc) is 3.85. The van der Waals surface area contributed by atoms with E-state index in [1.165, 1.54) is 0 Å². The van der Waals surface area contributed by atoms with Crippen molar-refractivity contribution in [3.63, 3.8) is 0 Å². The minimum Gasteiger partial charge on any atom is -0.456 e. The van der Waals surface area contributed by atoms with E-state index in [4.69, 9.17) is 23.8 Å². The van der Waals surface area contributed by atoms with Crippen LogP contribution in [0.5, 0.6) is 0 Å². The summed E-state index contributed by atoms with van der Waals surface area (Å²) < 4.78 is 13.1. The van der Waals surface area contributed by atoms with Crippen molar-refractivity contribution < 1.29 is 8.83 Å². The maximum absolute atomic E-state index is 6.83. The van der Waals surface area contributed by atoms with Crippen molar-refractivity contribution in [1.29, 1.82) is 0 Å². The van der Waals surface area contributed by atoms with Crippen molar-refractivity contribution in [1.82, 2.24) is 15.0 Å². The van der Waals surface area contributed by atoms with Gasteiger partial charge in [-0.2, -0.15) is 0 Å². The summed E-state index contributed by atoms with van der Waals surface area (Å²) in [6.07, 6.45) is 0. The number of rotatable bonds is 6. The van der Waals surface area contributed by atoms with E-state index in [1.54, 1.807) is 0 Å². The third-order valence-corrected chi connectivity index (χ3v) is 10.6. The van der Waals surface area contributed by atoms with Gasteiger partial charge in [0.2, 0.25) is 0 Å². The van der Waals surface area contributed by atoms with Crippen LogP contribution in [0.2, 0.25) is 0 Å². The van der Waals surface area contributed by atoms with E-state index in [9.17, 15) is 0 Å². The Morgan fingerprint density at radius 1 is 0.286 bits per heavy atom. The first-order chi connectivity index (χ1) is 27.7. The largest absolute Gasteiger partial charge is 0.456 e. The van der Waals surface area contributed by atoms with Crippen LogP contribution < -0.4 is 0 Å². The SMILES string of the molecule is c1ccc(-c2nc(-c3ccccc3)nc(-c3cccc(-c4ccc5c(c4)oc4c(-c6ccccc6-c6cccc7oc8ccccc8c67)cccc45)c3)n2)cc1. The zero-order valence-corrected chi connectivity index (χ0v) is 30.1. The minimum atomic E-state index is 0.617. The molecule has 0 spiro atoms. The van der Waals surface area contributed by atoms with Crippen LogP contribution in [0.4, 0.5) is 0 Å². The molecule has 3 heterocycles. The van der Waals surface area contributed by atoms with Crippen molar-refractivity contribution >= 4 is 43.9 Å². The number of hydrogen-bond acceptors (Lipinski definition) is 5. The topological polar surface area (TPSA) is 65.0 Å². The highest BCUT2D eigenvalue weighted by molar-refractivity contribution is 6.15. The quantitative estimate of drug-likeness (QED) is 0.171. The number of furan rings is 2. The van der Waals surface area contributed by atoms with Crippen molar-refractivity contribution in [2.24, 2.45) is 0 Å². The predicted molar refractivity (Wildman–Crippen MR) is 227 cm³/mol. The Morgan fingerprint density at radius 2 is 0.804 bits per heavy atom. The lowest BCUT2D eigenvalue weighted by Crippen LogP contribution is -2.00. The molecular formula is C51H31N3O2.